The molecule has 0 spiro atoms. The topological polar surface area (TPSA) is 109 Å². The van der Waals surface area contributed by atoms with Gasteiger partial charge < -0.3 is 5.11 Å². The average Bonchev–Trinajstić information content (AvgIpc) is 2.51. The molecule has 132 valence electrons. The molecule has 1 aromatic heterocycles. The van der Waals surface area contributed by atoms with Gasteiger partial charge in [-0.15, -0.1) is 0 Å². The molecule has 0 atom stereocenters. The summed E-state index contributed by atoms with van der Waals surface area (Å²) in [5, 5.41) is 12.9. The zero-order valence-corrected chi connectivity index (χ0v) is 15.0. The molecular formula is C17H19N3O4S. The maximum absolute atomic E-state index is 12.1. The maximum Gasteiger partial charge on any atom is 0.337 e. The third kappa shape index (κ3) is 4.63. The normalized spacial score (nSPS) is 11.6. The van der Waals surface area contributed by atoms with Gasteiger partial charge >= 0.3 is 5.97 Å². The minimum Gasteiger partial charge on any atom is -0.478 e. The number of hydrogen-bond donors (Lipinski definition) is 2. The summed E-state index contributed by atoms with van der Waals surface area (Å²) in [5.41, 5.74) is 2.77. The van der Waals surface area contributed by atoms with E-state index in [0.717, 1.165) is 5.56 Å². The van der Waals surface area contributed by atoms with Gasteiger partial charge in [0.05, 0.1) is 16.2 Å². The number of nitrogens with one attached hydrogen (secondary N) is 1. The zero-order valence-electron chi connectivity index (χ0n) is 14.1. The fourth-order valence-electron chi connectivity index (χ4n) is 2.35. The van der Waals surface area contributed by atoms with Crippen molar-refractivity contribution in [2.24, 2.45) is 5.10 Å². The summed E-state index contributed by atoms with van der Waals surface area (Å²) in [6, 6.07) is 8.07. The monoisotopic (exact) mass is 361 g/mol. The van der Waals surface area contributed by atoms with E-state index in [4.69, 9.17) is 5.11 Å². The van der Waals surface area contributed by atoms with Gasteiger partial charge in [0.25, 0.3) is 10.0 Å². The van der Waals surface area contributed by atoms with Crippen molar-refractivity contribution in [1.29, 1.82) is 0 Å². The minimum atomic E-state index is -3.71. The van der Waals surface area contributed by atoms with Crippen LogP contribution in [0.2, 0.25) is 0 Å². The Balaban J connectivity index is 2.06. The molecule has 0 unspecified atom stereocenters. The molecule has 0 aliphatic rings. The summed E-state index contributed by atoms with van der Waals surface area (Å²) < 4.78 is 24.2. The van der Waals surface area contributed by atoms with Gasteiger partial charge in [0, 0.05) is 18.3 Å². The average molecular weight is 361 g/mol. The number of hydrazone groups is 1. The van der Waals surface area contributed by atoms with E-state index >= 15 is 0 Å². The van der Waals surface area contributed by atoms with Crippen molar-refractivity contribution in [3.05, 3.63) is 58.4 Å². The maximum atomic E-state index is 12.1. The number of aryl methyl sites for hydroxylation is 3. The quantitative estimate of drug-likeness (QED) is 0.606. The molecule has 0 amide bonds. The van der Waals surface area contributed by atoms with Crippen LogP contribution in [-0.2, 0) is 16.4 Å². The van der Waals surface area contributed by atoms with Gasteiger partial charge in [0.15, 0.2) is 0 Å². The van der Waals surface area contributed by atoms with Gasteiger partial charge in [-0.25, -0.2) is 9.63 Å². The molecule has 0 saturated carbocycles. The first kappa shape index (κ1) is 18.6. The lowest BCUT2D eigenvalue weighted by Gasteiger charge is -2.07. The number of aromatic nitrogens is 1. The molecule has 2 N–H and O–H groups in total. The second-order valence-electron chi connectivity index (χ2n) is 5.62. The Kier molecular flexibility index (Phi) is 5.53. The SMILES string of the molecule is Cc1ccc(S(=O)(=O)N/N=C/Cc2cc(C)c(C(=O)O)c(C)n2)cc1. The number of pyridine rings is 1. The van der Waals surface area contributed by atoms with Crippen molar-refractivity contribution in [3.63, 3.8) is 0 Å². The van der Waals surface area contributed by atoms with Crippen molar-refractivity contribution in [2.45, 2.75) is 32.1 Å². The van der Waals surface area contributed by atoms with Crippen LogP contribution in [0.15, 0.2) is 40.3 Å². The number of carboxylic acid groups (broad SMARTS) is 1. The molecule has 0 saturated heterocycles. The van der Waals surface area contributed by atoms with Gasteiger partial charge in [-0.05, 0) is 44.5 Å². The molecule has 8 heteroatoms. The summed E-state index contributed by atoms with van der Waals surface area (Å²) in [7, 11) is -3.71. The molecule has 0 aliphatic carbocycles. The molecule has 2 aromatic rings. The van der Waals surface area contributed by atoms with E-state index in [1.54, 1.807) is 32.0 Å². The Morgan fingerprint density at radius 1 is 1.24 bits per heavy atom. The first-order chi connectivity index (χ1) is 11.7. The van der Waals surface area contributed by atoms with Crippen molar-refractivity contribution in [1.82, 2.24) is 9.82 Å². The van der Waals surface area contributed by atoms with E-state index in [-0.39, 0.29) is 16.9 Å². The van der Waals surface area contributed by atoms with E-state index in [2.05, 4.69) is 14.9 Å². The Morgan fingerprint density at radius 3 is 2.44 bits per heavy atom. The van der Waals surface area contributed by atoms with Crippen LogP contribution in [0.5, 0.6) is 0 Å². The van der Waals surface area contributed by atoms with Crippen molar-refractivity contribution in [2.75, 3.05) is 0 Å². The van der Waals surface area contributed by atoms with Crippen LogP contribution < -0.4 is 4.83 Å². The van der Waals surface area contributed by atoms with E-state index in [0.29, 0.717) is 17.0 Å². The summed E-state index contributed by atoms with van der Waals surface area (Å²) in [6.07, 6.45) is 1.66. The van der Waals surface area contributed by atoms with Gasteiger partial charge in [0.1, 0.15) is 0 Å². The predicted molar refractivity (Wildman–Crippen MR) is 94.4 cm³/mol. The smallest absolute Gasteiger partial charge is 0.337 e. The highest BCUT2D eigenvalue weighted by Crippen LogP contribution is 2.13. The van der Waals surface area contributed by atoms with Gasteiger partial charge in [0.2, 0.25) is 0 Å². The van der Waals surface area contributed by atoms with Crippen LogP contribution in [-0.4, -0.2) is 30.7 Å². The molecule has 2 rings (SSSR count). The molecule has 0 fully saturated rings. The molecule has 0 aliphatic heterocycles. The number of nitrogens with zero attached hydrogens (tertiary/aromatic N) is 2. The highest BCUT2D eigenvalue weighted by atomic mass is 32.2. The number of carboxylic acids is 1. The van der Waals surface area contributed by atoms with E-state index < -0.39 is 16.0 Å². The minimum absolute atomic E-state index is 0.130. The second-order valence-corrected chi connectivity index (χ2v) is 7.28. The first-order valence-corrected chi connectivity index (χ1v) is 8.99. The number of benzene rings is 1. The van der Waals surface area contributed by atoms with Crippen LogP contribution in [0.4, 0.5) is 0 Å². The van der Waals surface area contributed by atoms with Crippen molar-refractivity contribution < 1.29 is 18.3 Å². The highest BCUT2D eigenvalue weighted by molar-refractivity contribution is 7.89. The lowest BCUT2D eigenvalue weighted by molar-refractivity contribution is 0.0694. The van der Waals surface area contributed by atoms with Crippen molar-refractivity contribution in [3.8, 4) is 0 Å². The van der Waals surface area contributed by atoms with E-state index in [9.17, 15) is 13.2 Å². The standard InChI is InChI=1S/C17H19N3O4S/c1-11-4-6-15(7-5-11)25(23,24)20-18-9-8-14-10-12(2)16(17(21)22)13(3)19-14/h4-7,9-10,20H,8H2,1-3H3,(H,21,22)/b18-9+. The van der Waals surface area contributed by atoms with Crippen LogP contribution in [0.3, 0.4) is 0 Å². The fraction of sp³-hybridized carbons (Fsp3) is 0.235. The Morgan fingerprint density at radius 2 is 1.88 bits per heavy atom. The second kappa shape index (κ2) is 7.43. The summed E-state index contributed by atoms with van der Waals surface area (Å²) in [6.45, 7) is 5.19. The summed E-state index contributed by atoms with van der Waals surface area (Å²) in [4.78, 5) is 17.6. The molecule has 25 heavy (non-hydrogen) atoms. The number of carbonyl (C=O) groups is 1. The summed E-state index contributed by atoms with van der Waals surface area (Å²) >= 11 is 0. The molecule has 0 radical (unpaired) electrons. The molecular weight excluding hydrogens is 342 g/mol. The van der Waals surface area contributed by atoms with Crippen molar-refractivity contribution >= 4 is 22.2 Å². The van der Waals surface area contributed by atoms with E-state index in [1.807, 2.05) is 6.92 Å². The van der Waals surface area contributed by atoms with Gasteiger partial charge in [-0.3, -0.25) is 4.98 Å². The molecule has 1 heterocycles. The molecule has 1 aromatic carbocycles. The Bertz CT molecular complexity index is 896. The molecule has 7 nitrogen and oxygen atoms in total. The number of hydrogen-bond acceptors (Lipinski definition) is 5. The third-order valence-electron chi connectivity index (χ3n) is 3.56. The lowest BCUT2D eigenvalue weighted by atomic mass is 10.1. The number of rotatable bonds is 6. The fourth-order valence-corrected chi connectivity index (χ4v) is 3.17. The molecule has 0 bridgehead atoms. The van der Waals surface area contributed by atoms with Gasteiger partial charge in [-0.1, -0.05) is 17.7 Å². The predicted octanol–water partition coefficient (Wildman–Crippen LogP) is 2.21. The number of sulfonamides is 1. The lowest BCUT2D eigenvalue weighted by Crippen LogP contribution is -2.18. The van der Waals surface area contributed by atoms with Crippen LogP contribution in [0.25, 0.3) is 0 Å². The highest BCUT2D eigenvalue weighted by Gasteiger charge is 2.13. The van der Waals surface area contributed by atoms with Crippen LogP contribution >= 0.6 is 0 Å². The van der Waals surface area contributed by atoms with Crippen LogP contribution in [0, 0.1) is 20.8 Å². The third-order valence-corrected chi connectivity index (χ3v) is 4.80. The van der Waals surface area contributed by atoms with Crippen LogP contribution in [0.1, 0.15) is 32.9 Å². The zero-order chi connectivity index (χ0) is 18.6. The van der Waals surface area contributed by atoms with Gasteiger partial charge in [-0.2, -0.15) is 13.5 Å². The Labute approximate surface area is 146 Å². The number of aromatic carboxylic acids is 1. The summed E-state index contributed by atoms with van der Waals surface area (Å²) in [5.74, 6) is -1.02. The van der Waals surface area contributed by atoms with E-state index in [1.165, 1.54) is 18.3 Å². The largest absolute Gasteiger partial charge is 0.478 e. The Hall–Kier alpha value is -2.74. The first-order valence-electron chi connectivity index (χ1n) is 7.51.